The predicted octanol–water partition coefficient (Wildman–Crippen LogP) is 3.88. The van der Waals surface area contributed by atoms with E-state index in [2.05, 4.69) is 0 Å². The minimum Gasteiger partial charge on any atom is -0.503 e. The summed E-state index contributed by atoms with van der Waals surface area (Å²) in [5.41, 5.74) is 0.157. The highest BCUT2D eigenvalue weighted by Crippen LogP contribution is 2.40. The van der Waals surface area contributed by atoms with Gasteiger partial charge in [0.1, 0.15) is 5.82 Å². The van der Waals surface area contributed by atoms with Gasteiger partial charge in [0, 0.05) is 12.1 Å². The molecule has 24 heavy (non-hydrogen) atoms. The number of rotatable bonds is 5. The molecule has 0 spiro atoms. The van der Waals surface area contributed by atoms with E-state index in [0.717, 1.165) is 0 Å². The van der Waals surface area contributed by atoms with E-state index in [-0.39, 0.29) is 11.1 Å². The number of carbonyl (C=O) groups is 2. The summed E-state index contributed by atoms with van der Waals surface area (Å²) < 4.78 is 14.3. The van der Waals surface area contributed by atoms with Gasteiger partial charge in [0.15, 0.2) is 5.76 Å². The molecule has 1 unspecified atom stereocenters. The fraction of sp³-hybridized carbons (Fsp3) is 0.222. The van der Waals surface area contributed by atoms with Crippen LogP contribution in [0.5, 0.6) is 0 Å². The SMILES string of the molecule is CCCN1C(=O)C(O)=C(C(=O)c2cccs2)C1c1ccccc1F. The molecule has 124 valence electrons. The fourth-order valence-corrected chi connectivity index (χ4v) is 3.60. The lowest BCUT2D eigenvalue weighted by Crippen LogP contribution is -2.32. The number of thiophene rings is 1. The number of carbonyl (C=O) groups excluding carboxylic acids is 2. The second kappa shape index (κ2) is 6.57. The highest BCUT2D eigenvalue weighted by atomic mass is 32.1. The first-order chi connectivity index (χ1) is 11.6. The maximum absolute atomic E-state index is 14.3. The van der Waals surface area contributed by atoms with Crippen LogP contribution in [0.1, 0.15) is 34.6 Å². The Kier molecular flexibility index (Phi) is 4.49. The van der Waals surface area contributed by atoms with Crippen molar-refractivity contribution in [2.75, 3.05) is 6.54 Å². The monoisotopic (exact) mass is 345 g/mol. The number of benzene rings is 1. The minimum absolute atomic E-state index is 0.0546. The molecular weight excluding hydrogens is 329 g/mol. The molecule has 2 heterocycles. The van der Waals surface area contributed by atoms with Gasteiger partial charge in [-0.1, -0.05) is 31.2 Å². The third-order valence-electron chi connectivity index (χ3n) is 3.96. The second-order valence-corrected chi connectivity index (χ2v) is 6.44. The molecule has 1 N–H and O–H groups in total. The predicted molar refractivity (Wildman–Crippen MR) is 89.4 cm³/mol. The van der Waals surface area contributed by atoms with Gasteiger partial charge >= 0.3 is 0 Å². The van der Waals surface area contributed by atoms with E-state index in [1.54, 1.807) is 29.6 Å². The van der Waals surface area contributed by atoms with E-state index in [9.17, 15) is 19.1 Å². The van der Waals surface area contributed by atoms with Crippen LogP contribution >= 0.6 is 11.3 Å². The zero-order valence-electron chi connectivity index (χ0n) is 13.0. The van der Waals surface area contributed by atoms with Gasteiger partial charge in [-0.05, 0) is 23.9 Å². The third-order valence-corrected chi connectivity index (χ3v) is 4.83. The molecule has 0 saturated heterocycles. The Hall–Kier alpha value is -2.47. The molecule has 1 amide bonds. The summed E-state index contributed by atoms with van der Waals surface area (Å²) in [4.78, 5) is 27.0. The standard InChI is InChI=1S/C18H16FNO3S/c1-2-9-20-15(11-6-3-4-7-12(11)19)14(17(22)18(20)23)16(21)13-8-5-10-24-13/h3-8,10,15,22H,2,9H2,1H3. The lowest BCUT2D eigenvalue weighted by atomic mass is 9.95. The highest BCUT2D eigenvalue weighted by Gasteiger charge is 2.44. The molecule has 1 atom stereocenters. The topological polar surface area (TPSA) is 57.6 Å². The van der Waals surface area contributed by atoms with Crippen molar-refractivity contribution in [2.45, 2.75) is 19.4 Å². The quantitative estimate of drug-likeness (QED) is 0.837. The lowest BCUT2D eigenvalue weighted by molar-refractivity contribution is -0.129. The first kappa shape index (κ1) is 16.4. The van der Waals surface area contributed by atoms with Gasteiger partial charge < -0.3 is 10.0 Å². The molecule has 0 fully saturated rings. The molecule has 0 bridgehead atoms. The molecule has 0 aliphatic carbocycles. The molecule has 0 radical (unpaired) electrons. The van der Waals surface area contributed by atoms with Crippen molar-refractivity contribution in [1.82, 2.24) is 4.90 Å². The van der Waals surface area contributed by atoms with Crippen LogP contribution in [0.2, 0.25) is 0 Å². The summed E-state index contributed by atoms with van der Waals surface area (Å²) in [6, 6.07) is 8.45. The number of amides is 1. The van der Waals surface area contributed by atoms with E-state index in [4.69, 9.17) is 0 Å². The van der Waals surface area contributed by atoms with Crippen LogP contribution in [0.25, 0.3) is 0 Å². The number of hydrogen-bond donors (Lipinski definition) is 1. The summed E-state index contributed by atoms with van der Waals surface area (Å²) in [7, 11) is 0. The van der Waals surface area contributed by atoms with E-state index < -0.39 is 29.3 Å². The molecule has 1 aliphatic heterocycles. The number of hydrogen-bond acceptors (Lipinski definition) is 4. The van der Waals surface area contributed by atoms with Crippen LogP contribution in [-0.2, 0) is 4.79 Å². The number of ketones is 1. The Balaban J connectivity index is 2.14. The molecule has 1 aromatic heterocycles. The minimum atomic E-state index is -0.909. The van der Waals surface area contributed by atoms with Crippen LogP contribution in [0, 0.1) is 5.82 Å². The molecule has 0 saturated carbocycles. The molecule has 6 heteroatoms. The Bertz CT molecular complexity index is 813. The van der Waals surface area contributed by atoms with Crippen LogP contribution in [0.3, 0.4) is 0 Å². The van der Waals surface area contributed by atoms with E-state index in [0.29, 0.717) is 17.8 Å². The molecule has 1 aliphatic rings. The average Bonchev–Trinajstić information content (AvgIpc) is 3.18. The van der Waals surface area contributed by atoms with E-state index in [1.807, 2.05) is 6.92 Å². The van der Waals surface area contributed by atoms with Crippen molar-refractivity contribution in [1.29, 1.82) is 0 Å². The fourth-order valence-electron chi connectivity index (χ4n) is 2.92. The highest BCUT2D eigenvalue weighted by molar-refractivity contribution is 7.12. The summed E-state index contributed by atoms with van der Waals surface area (Å²) in [5, 5.41) is 12.0. The van der Waals surface area contributed by atoms with Gasteiger partial charge in [-0.25, -0.2) is 4.39 Å². The van der Waals surface area contributed by atoms with Crippen molar-refractivity contribution in [3.8, 4) is 0 Å². The molecule has 1 aromatic carbocycles. The van der Waals surface area contributed by atoms with Crippen LogP contribution in [0.4, 0.5) is 4.39 Å². The van der Waals surface area contributed by atoms with Crippen molar-refractivity contribution < 1.29 is 19.1 Å². The number of halogens is 1. The average molecular weight is 345 g/mol. The van der Waals surface area contributed by atoms with Gasteiger partial charge in [-0.15, -0.1) is 11.3 Å². The van der Waals surface area contributed by atoms with Gasteiger partial charge in [0.2, 0.25) is 5.78 Å². The number of Topliss-reactive ketones (excluding diaryl/α,β-unsaturated/α-hetero) is 1. The lowest BCUT2D eigenvalue weighted by Gasteiger charge is -2.26. The van der Waals surface area contributed by atoms with Gasteiger partial charge in [-0.3, -0.25) is 9.59 Å². The smallest absolute Gasteiger partial charge is 0.290 e. The molecular formula is C18H16FNO3S. The summed E-state index contributed by atoms with van der Waals surface area (Å²) in [6.45, 7) is 2.20. The van der Waals surface area contributed by atoms with Crippen LogP contribution < -0.4 is 0 Å². The first-order valence-electron chi connectivity index (χ1n) is 7.63. The molecule has 2 aromatic rings. The van der Waals surface area contributed by atoms with Crippen molar-refractivity contribution in [2.24, 2.45) is 0 Å². The Morgan fingerprint density at radius 2 is 2.04 bits per heavy atom. The van der Waals surface area contributed by atoms with Crippen molar-refractivity contribution in [3.63, 3.8) is 0 Å². The van der Waals surface area contributed by atoms with E-state index >= 15 is 0 Å². The zero-order valence-corrected chi connectivity index (χ0v) is 13.8. The Labute approximate surface area is 142 Å². The zero-order chi connectivity index (χ0) is 17.3. The Morgan fingerprint density at radius 1 is 1.29 bits per heavy atom. The summed E-state index contributed by atoms with van der Waals surface area (Å²) >= 11 is 1.22. The summed E-state index contributed by atoms with van der Waals surface area (Å²) in [6.07, 6.45) is 0.629. The third kappa shape index (κ3) is 2.63. The summed E-state index contributed by atoms with van der Waals surface area (Å²) in [5.74, 6) is -2.18. The van der Waals surface area contributed by atoms with Crippen LogP contribution in [0.15, 0.2) is 53.1 Å². The maximum Gasteiger partial charge on any atom is 0.290 e. The van der Waals surface area contributed by atoms with Gasteiger partial charge in [0.25, 0.3) is 5.91 Å². The number of aliphatic hydroxyl groups excluding tert-OH is 1. The van der Waals surface area contributed by atoms with E-state index in [1.165, 1.54) is 28.4 Å². The van der Waals surface area contributed by atoms with Crippen molar-refractivity contribution in [3.05, 3.63) is 69.4 Å². The largest absolute Gasteiger partial charge is 0.503 e. The van der Waals surface area contributed by atoms with Crippen molar-refractivity contribution >= 4 is 23.0 Å². The maximum atomic E-state index is 14.3. The normalized spacial score (nSPS) is 17.7. The van der Waals surface area contributed by atoms with Gasteiger partial charge in [-0.2, -0.15) is 0 Å². The van der Waals surface area contributed by atoms with Crippen LogP contribution in [-0.4, -0.2) is 28.2 Å². The second-order valence-electron chi connectivity index (χ2n) is 5.49. The Morgan fingerprint density at radius 3 is 2.67 bits per heavy atom. The first-order valence-corrected chi connectivity index (χ1v) is 8.51. The number of aliphatic hydroxyl groups is 1. The molecule has 4 nitrogen and oxygen atoms in total. The van der Waals surface area contributed by atoms with Gasteiger partial charge in [0.05, 0.1) is 16.5 Å². The molecule has 3 rings (SSSR count). The number of nitrogens with zero attached hydrogens (tertiary/aromatic N) is 1.